The summed E-state index contributed by atoms with van der Waals surface area (Å²) in [6.07, 6.45) is 7.87. The fourth-order valence-corrected chi connectivity index (χ4v) is 3.59. The summed E-state index contributed by atoms with van der Waals surface area (Å²) in [5, 5.41) is 20.2. The lowest BCUT2D eigenvalue weighted by atomic mass is 9.67. The molecule has 19 heavy (non-hydrogen) atoms. The molecule has 2 aliphatic rings. The van der Waals surface area contributed by atoms with Gasteiger partial charge in [-0.3, -0.25) is 4.79 Å². The van der Waals surface area contributed by atoms with Crippen LogP contribution in [0, 0.1) is 17.8 Å². The quantitative estimate of drug-likeness (QED) is 0.714. The number of carboxylic acids is 1. The topological polar surface area (TPSA) is 86.6 Å². The summed E-state index contributed by atoms with van der Waals surface area (Å²) in [4.78, 5) is 22.9. The highest BCUT2D eigenvalue weighted by Crippen LogP contribution is 2.42. The van der Waals surface area contributed by atoms with E-state index in [1.807, 2.05) is 0 Å². The van der Waals surface area contributed by atoms with Crippen molar-refractivity contribution in [1.29, 1.82) is 0 Å². The van der Waals surface area contributed by atoms with Crippen molar-refractivity contribution in [2.45, 2.75) is 51.0 Å². The van der Waals surface area contributed by atoms with Crippen LogP contribution in [0.5, 0.6) is 0 Å². The minimum Gasteiger partial charge on any atom is -0.480 e. The van der Waals surface area contributed by atoms with E-state index in [1.165, 1.54) is 25.7 Å². The number of rotatable bonds is 4. The van der Waals surface area contributed by atoms with E-state index in [9.17, 15) is 9.59 Å². The third-order valence-electron chi connectivity index (χ3n) is 4.71. The van der Waals surface area contributed by atoms with Crippen molar-refractivity contribution in [1.82, 2.24) is 5.32 Å². The summed E-state index contributed by atoms with van der Waals surface area (Å²) < 4.78 is 0. The second-order valence-corrected chi connectivity index (χ2v) is 5.90. The number of carboxylic acid groups (broad SMARTS) is 1. The lowest BCUT2D eigenvalue weighted by Gasteiger charge is -2.38. The molecule has 108 valence electrons. The number of hydrogen-bond acceptors (Lipinski definition) is 3. The van der Waals surface area contributed by atoms with Crippen molar-refractivity contribution >= 4 is 11.9 Å². The lowest BCUT2D eigenvalue weighted by molar-refractivity contribution is -0.144. The van der Waals surface area contributed by atoms with Gasteiger partial charge in [0.05, 0.1) is 6.61 Å². The Morgan fingerprint density at radius 3 is 2.42 bits per heavy atom. The van der Waals surface area contributed by atoms with Gasteiger partial charge in [0.1, 0.15) is 6.04 Å². The van der Waals surface area contributed by atoms with Crippen LogP contribution in [-0.4, -0.2) is 34.7 Å². The summed E-state index contributed by atoms with van der Waals surface area (Å²) in [5.41, 5.74) is 0. The molecule has 0 aromatic heterocycles. The van der Waals surface area contributed by atoms with Crippen LogP contribution in [0.1, 0.15) is 44.9 Å². The predicted molar refractivity (Wildman–Crippen MR) is 69.4 cm³/mol. The van der Waals surface area contributed by atoms with Crippen LogP contribution in [0.25, 0.3) is 0 Å². The number of carbonyl (C=O) groups is 2. The van der Waals surface area contributed by atoms with E-state index in [4.69, 9.17) is 10.2 Å². The molecule has 0 spiro atoms. The highest BCUT2D eigenvalue weighted by atomic mass is 16.4. The van der Waals surface area contributed by atoms with Crippen molar-refractivity contribution in [2.75, 3.05) is 6.61 Å². The number of aliphatic hydroxyl groups excluding tert-OH is 1. The van der Waals surface area contributed by atoms with Gasteiger partial charge in [0.2, 0.25) is 5.91 Å². The number of hydrogen-bond donors (Lipinski definition) is 3. The molecule has 2 aliphatic carbocycles. The average molecular weight is 269 g/mol. The molecule has 2 fully saturated rings. The van der Waals surface area contributed by atoms with Gasteiger partial charge in [-0.2, -0.15) is 0 Å². The van der Waals surface area contributed by atoms with Crippen LogP contribution in [0.2, 0.25) is 0 Å². The van der Waals surface area contributed by atoms with Gasteiger partial charge < -0.3 is 15.5 Å². The maximum absolute atomic E-state index is 12.1. The maximum Gasteiger partial charge on any atom is 0.328 e. The molecule has 0 bridgehead atoms. The Morgan fingerprint density at radius 2 is 1.79 bits per heavy atom. The zero-order valence-electron chi connectivity index (χ0n) is 11.2. The molecule has 2 saturated carbocycles. The van der Waals surface area contributed by atoms with Crippen molar-refractivity contribution in [3.8, 4) is 0 Å². The van der Waals surface area contributed by atoms with Crippen molar-refractivity contribution in [3.63, 3.8) is 0 Å². The Hall–Kier alpha value is -1.10. The van der Waals surface area contributed by atoms with Crippen molar-refractivity contribution in [2.24, 2.45) is 17.8 Å². The fraction of sp³-hybridized carbons (Fsp3) is 0.857. The minimum atomic E-state index is -1.18. The Kier molecular flexibility index (Phi) is 4.80. The van der Waals surface area contributed by atoms with E-state index in [0.717, 1.165) is 25.2 Å². The lowest BCUT2D eigenvalue weighted by Crippen LogP contribution is -2.47. The number of carbonyl (C=O) groups excluding carboxylic acids is 1. The van der Waals surface area contributed by atoms with Gasteiger partial charge >= 0.3 is 5.97 Å². The van der Waals surface area contributed by atoms with E-state index in [2.05, 4.69) is 5.32 Å². The number of aliphatic carboxylic acids is 1. The molecule has 5 nitrogen and oxygen atoms in total. The van der Waals surface area contributed by atoms with Crippen LogP contribution in [0.4, 0.5) is 0 Å². The van der Waals surface area contributed by atoms with Gasteiger partial charge in [-0.25, -0.2) is 4.79 Å². The Morgan fingerprint density at radius 1 is 1.11 bits per heavy atom. The van der Waals surface area contributed by atoms with Gasteiger partial charge in [-0.15, -0.1) is 0 Å². The highest BCUT2D eigenvalue weighted by molar-refractivity contribution is 5.85. The van der Waals surface area contributed by atoms with Gasteiger partial charge in [0, 0.05) is 5.92 Å². The first-order valence-electron chi connectivity index (χ1n) is 7.26. The average Bonchev–Trinajstić information content (AvgIpc) is 2.43. The van der Waals surface area contributed by atoms with Crippen LogP contribution in [-0.2, 0) is 9.59 Å². The standard InChI is InChI=1S/C14H23NO4/c16-8-12(14(18)19)15-13(17)11-6-5-9-3-1-2-4-10(9)7-11/h9-12,16H,1-8H2,(H,15,17)(H,18,19)/t9?,10?,11?,12-/m0/s1. The molecule has 0 radical (unpaired) electrons. The Labute approximate surface area is 113 Å². The normalized spacial score (nSPS) is 32.2. The second kappa shape index (κ2) is 6.37. The Balaban J connectivity index is 1.88. The Bertz CT molecular complexity index is 344. The van der Waals surface area contributed by atoms with Crippen LogP contribution in [0.3, 0.4) is 0 Å². The van der Waals surface area contributed by atoms with Crippen molar-refractivity contribution < 1.29 is 19.8 Å². The van der Waals surface area contributed by atoms with Gasteiger partial charge in [-0.05, 0) is 31.1 Å². The summed E-state index contributed by atoms with van der Waals surface area (Å²) >= 11 is 0. The first kappa shape index (κ1) is 14.3. The molecule has 0 heterocycles. The van der Waals surface area contributed by atoms with Gasteiger partial charge in [-0.1, -0.05) is 25.7 Å². The third-order valence-corrected chi connectivity index (χ3v) is 4.71. The number of amides is 1. The zero-order chi connectivity index (χ0) is 13.8. The van der Waals surface area contributed by atoms with Crippen molar-refractivity contribution in [3.05, 3.63) is 0 Å². The number of aliphatic hydroxyl groups is 1. The van der Waals surface area contributed by atoms with Crippen LogP contribution in [0.15, 0.2) is 0 Å². The number of nitrogens with one attached hydrogen (secondary N) is 1. The highest BCUT2D eigenvalue weighted by Gasteiger charge is 2.35. The molecule has 0 aliphatic heterocycles. The largest absolute Gasteiger partial charge is 0.480 e. The summed E-state index contributed by atoms with van der Waals surface area (Å²) in [6.45, 7) is -0.556. The molecule has 0 saturated heterocycles. The molecular weight excluding hydrogens is 246 g/mol. The minimum absolute atomic E-state index is 0.0762. The third kappa shape index (κ3) is 3.47. The van der Waals surface area contributed by atoms with E-state index in [1.54, 1.807) is 0 Å². The molecule has 1 amide bonds. The monoisotopic (exact) mass is 269 g/mol. The SMILES string of the molecule is O=C(N[C@@H](CO)C(=O)O)C1CCC2CCCCC2C1. The summed E-state index contributed by atoms with van der Waals surface area (Å²) in [7, 11) is 0. The maximum atomic E-state index is 12.1. The van der Waals surface area contributed by atoms with E-state index in [0.29, 0.717) is 5.92 Å². The molecule has 0 aromatic rings. The fourth-order valence-electron chi connectivity index (χ4n) is 3.59. The summed E-state index contributed by atoms with van der Waals surface area (Å²) in [6, 6.07) is -1.17. The molecule has 3 unspecified atom stereocenters. The van der Waals surface area contributed by atoms with Crippen LogP contribution < -0.4 is 5.32 Å². The first-order chi connectivity index (χ1) is 9.11. The molecule has 4 atom stereocenters. The first-order valence-corrected chi connectivity index (χ1v) is 7.26. The zero-order valence-corrected chi connectivity index (χ0v) is 11.2. The van der Waals surface area contributed by atoms with E-state index >= 15 is 0 Å². The molecule has 2 rings (SSSR count). The van der Waals surface area contributed by atoms with E-state index in [-0.39, 0.29) is 11.8 Å². The molecule has 3 N–H and O–H groups in total. The second-order valence-electron chi connectivity index (χ2n) is 5.90. The molecule has 5 heteroatoms. The predicted octanol–water partition coefficient (Wildman–Crippen LogP) is 1.15. The van der Waals surface area contributed by atoms with Crippen LogP contribution >= 0.6 is 0 Å². The van der Waals surface area contributed by atoms with E-state index < -0.39 is 18.6 Å². The molecule has 0 aromatic carbocycles. The molecular formula is C14H23NO4. The number of fused-ring (bicyclic) bond motifs is 1. The van der Waals surface area contributed by atoms with Gasteiger partial charge in [0.25, 0.3) is 0 Å². The summed E-state index contributed by atoms with van der Waals surface area (Å²) in [5.74, 6) is -0.0537. The smallest absolute Gasteiger partial charge is 0.328 e. The van der Waals surface area contributed by atoms with Gasteiger partial charge in [0.15, 0.2) is 0 Å².